The van der Waals surface area contributed by atoms with Crippen molar-refractivity contribution in [3.05, 3.63) is 46.5 Å². The summed E-state index contributed by atoms with van der Waals surface area (Å²) in [6.45, 7) is 5.66. The number of benzene rings is 1. The minimum Gasteiger partial charge on any atom is -0.396 e. The summed E-state index contributed by atoms with van der Waals surface area (Å²) in [5.74, 6) is -0.493. The molecule has 3 rings (SSSR count). The van der Waals surface area contributed by atoms with Gasteiger partial charge in [0.05, 0.1) is 0 Å². The molecule has 1 aromatic carbocycles. The van der Waals surface area contributed by atoms with Crippen molar-refractivity contribution in [2.75, 3.05) is 31.1 Å². The molecule has 0 bridgehead atoms. The minimum absolute atomic E-state index is 0.160. The molecule has 0 radical (unpaired) electrons. The number of piperazine rings is 1. The Balaban J connectivity index is 1.69. The number of hydrogen-bond donors (Lipinski definition) is 2. The Bertz CT molecular complexity index is 716. The van der Waals surface area contributed by atoms with E-state index in [1.165, 1.54) is 22.5 Å². The van der Waals surface area contributed by atoms with Gasteiger partial charge in [-0.05, 0) is 18.9 Å². The van der Waals surface area contributed by atoms with Gasteiger partial charge < -0.3 is 15.7 Å². The molecule has 0 unspecified atom stereocenters. The number of thiazole rings is 1. The third-order valence-corrected chi connectivity index (χ3v) is 5.49. The molecule has 3 N–H and O–H groups in total. The van der Waals surface area contributed by atoms with Crippen molar-refractivity contribution in [1.29, 1.82) is 0 Å². The lowest BCUT2D eigenvalue weighted by atomic mass is 10.1. The molecule has 1 aliphatic heterocycles. The summed E-state index contributed by atoms with van der Waals surface area (Å²) in [5.41, 5.74) is 8.16. The lowest BCUT2D eigenvalue weighted by molar-refractivity contribution is 0.0996. The van der Waals surface area contributed by atoms with E-state index in [-0.39, 0.29) is 12.6 Å². The van der Waals surface area contributed by atoms with Gasteiger partial charge in [-0.3, -0.25) is 9.69 Å². The maximum absolute atomic E-state index is 11.2. The number of hydrogen-bond acceptors (Lipinski definition) is 6. The van der Waals surface area contributed by atoms with Crippen molar-refractivity contribution in [1.82, 2.24) is 9.88 Å². The topological polar surface area (TPSA) is 82.7 Å². The van der Waals surface area contributed by atoms with Crippen LogP contribution in [0.25, 0.3) is 0 Å². The van der Waals surface area contributed by atoms with Gasteiger partial charge in [-0.15, -0.1) is 11.3 Å². The van der Waals surface area contributed by atoms with Crippen LogP contribution in [0.1, 0.15) is 28.0 Å². The number of aliphatic hydroxyl groups excluding tert-OH is 1. The average Bonchev–Trinajstić information content (AvgIpc) is 3.09. The monoisotopic (exact) mass is 360 g/mol. The van der Waals surface area contributed by atoms with Crippen molar-refractivity contribution >= 4 is 22.4 Å². The normalized spacial score (nSPS) is 18.5. The van der Waals surface area contributed by atoms with Gasteiger partial charge in [-0.25, -0.2) is 4.98 Å². The lowest BCUT2D eigenvalue weighted by Crippen LogP contribution is -2.53. The molecule has 0 spiro atoms. The molecule has 2 heterocycles. The third kappa shape index (κ3) is 4.36. The molecule has 134 valence electrons. The smallest absolute Gasteiger partial charge is 0.268 e. The fourth-order valence-corrected chi connectivity index (χ4v) is 4.00. The summed E-state index contributed by atoms with van der Waals surface area (Å²) in [5, 5.41) is 12.0. The van der Waals surface area contributed by atoms with Crippen LogP contribution < -0.4 is 10.6 Å². The van der Waals surface area contributed by atoms with E-state index < -0.39 is 5.91 Å². The molecule has 1 amide bonds. The predicted octanol–water partition coefficient (Wildman–Crippen LogP) is 1.62. The number of nitrogens with zero attached hydrogens (tertiary/aromatic N) is 3. The maximum atomic E-state index is 11.2. The number of rotatable bonds is 6. The molecular formula is C18H24N4O2S. The third-order valence-electron chi connectivity index (χ3n) is 4.59. The molecule has 0 saturated carbocycles. The van der Waals surface area contributed by atoms with Crippen LogP contribution in [-0.4, -0.2) is 53.2 Å². The minimum atomic E-state index is -0.493. The largest absolute Gasteiger partial charge is 0.396 e. The van der Waals surface area contributed by atoms with E-state index in [9.17, 15) is 9.90 Å². The van der Waals surface area contributed by atoms with E-state index in [0.717, 1.165) is 37.7 Å². The molecular weight excluding hydrogens is 336 g/mol. The molecule has 25 heavy (non-hydrogen) atoms. The molecule has 0 aliphatic carbocycles. The zero-order chi connectivity index (χ0) is 17.8. The SMILES string of the molecule is Cc1ccc(CN2CCN(c3nc(C(N)=O)cs3)C[C@H]2CCO)cc1. The first-order chi connectivity index (χ1) is 12.1. The highest BCUT2D eigenvalue weighted by Gasteiger charge is 2.28. The summed E-state index contributed by atoms with van der Waals surface area (Å²) in [6, 6.07) is 8.84. The number of carbonyl (C=O) groups is 1. The van der Waals surface area contributed by atoms with Crippen LogP contribution in [-0.2, 0) is 6.54 Å². The molecule has 2 aromatic rings. The summed E-state index contributed by atoms with van der Waals surface area (Å²) >= 11 is 1.44. The number of aryl methyl sites for hydroxylation is 1. The summed E-state index contributed by atoms with van der Waals surface area (Å²) < 4.78 is 0. The number of carbonyl (C=O) groups excluding carboxylic acids is 1. The molecule has 1 fully saturated rings. The van der Waals surface area contributed by atoms with E-state index in [0.29, 0.717) is 5.69 Å². The Hall–Kier alpha value is -1.96. The highest BCUT2D eigenvalue weighted by Crippen LogP contribution is 2.25. The van der Waals surface area contributed by atoms with Gasteiger partial charge in [0.2, 0.25) is 0 Å². The van der Waals surface area contributed by atoms with Gasteiger partial charge in [0.15, 0.2) is 5.13 Å². The first-order valence-electron chi connectivity index (χ1n) is 8.47. The summed E-state index contributed by atoms with van der Waals surface area (Å²) in [6.07, 6.45) is 0.719. The van der Waals surface area contributed by atoms with Crippen LogP contribution in [0, 0.1) is 6.92 Å². The number of primary amides is 1. The van der Waals surface area contributed by atoms with Gasteiger partial charge in [-0.2, -0.15) is 0 Å². The van der Waals surface area contributed by atoms with Crippen molar-refractivity contribution in [3.63, 3.8) is 0 Å². The number of anilines is 1. The molecule has 7 heteroatoms. The number of nitrogens with two attached hydrogens (primary N) is 1. The molecule has 1 atom stereocenters. The Morgan fingerprint density at radius 1 is 1.36 bits per heavy atom. The summed E-state index contributed by atoms with van der Waals surface area (Å²) in [4.78, 5) is 20.2. The molecule has 1 aromatic heterocycles. The van der Waals surface area contributed by atoms with E-state index in [1.807, 2.05) is 0 Å². The van der Waals surface area contributed by atoms with Gasteiger partial charge in [-0.1, -0.05) is 29.8 Å². The standard InChI is InChI=1S/C18H24N4O2S/c1-13-2-4-14(5-3-13)10-21-7-8-22(11-15(21)6-9-23)18-20-16(12-25-18)17(19)24/h2-5,12,15,23H,6-11H2,1H3,(H2,19,24)/t15-/m1/s1. The summed E-state index contributed by atoms with van der Waals surface area (Å²) in [7, 11) is 0. The quantitative estimate of drug-likeness (QED) is 0.818. The second-order valence-electron chi connectivity index (χ2n) is 6.45. The van der Waals surface area contributed by atoms with Crippen LogP contribution in [0.5, 0.6) is 0 Å². The fourth-order valence-electron chi connectivity index (χ4n) is 3.15. The zero-order valence-corrected chi connectivity index (χ0v) is 15.2. The highest BCUT2D eigenvalue weighted by atomic mass is 32.1. The Labute approximate surface area is 151 Å². The Kier molecular flexibility index (Phi) is 5.67. The van der Waals surface area contributed by atoms with Crippen LogP contribution in [0.3, 0.4) is 0 Å². The fraction of sp³-hybridized carbons (Fsp3) is 0.444. The van der Waals surface area contributed by atoms with Crippen molar-refractivity contribution in [2.45, 2.75) is 25.9 Å². The van der Waals surface area contributed by atoms with Gasteiger partial charge in [0.25, 0.3) is 5.91 Å². The number of amides is 1. The first kappa shape index (κ1) is 17.8. The van der Waals surface area contributed by atoms with E-state index >= 15 is 0 Å². The average molecular weight is 360 g/mol. The number of aromatic nitrogens is 1. The molecule has 1 aliphatic rings. The van der Waals surface area contributed by atoms with Crippen molar-refractivity contribution < 1.29 is 9.90 Å². The van der Waals surface area contributed by atoms with Crippen LogP contribution in [0.2, 0.25) is 0 Å². The van der Waals surface area contributed by atoms with E-state index in [2.05, 4.69) is 46.0 Å². The Morgan fingerprint density at radius 2 is 2.12 bits per heavy atom. The van der Waals surface area contributed by atoms with Gasteiger partial charge >= 0.3 is 0 Å². The second kappa shape index (κ2) is 7.95. The maximum Gasteiger partial charge on any atom is 0.268 e. The lowest BCUT2D eigenvalue weighted by Gasteiger charge is -2.41. The van der Waals surface area contributed by atoms with Gasteiger partial charge in [0, 0.05) is 44.2 Å². The van der Waals surface area contributed by atoms with Crippen LogP contribution in [0.15, 0.2) is 29.6 Å². The highest BCUT2D eigenvalue weighted by molar-refractivity contribution is 7.13. The van der Waals surface area contributed by atoms with E-state index in [1.54, 1.807) is 5.38 Å². The first-order valence-corrected chi connectivity index (χ1v) is 9.35. The Morgan fingerprint density at radius 3 is 2.76 bits per heavy atom. The van der Waals surface area contributed by atoms with Crippen LogP contribution in [0.4, 0.5) is 5.13 Å². The van der Waals surface area contributed by atoms with Crippen molar-refractivity contribution in [2.24, 2.45) is 5.73 Å². The van der Waals surface area contributed by atoms with Crippen molar-refractivity contribution in [3.8, 4) is 0 Å². The van der Waals surface area contributed by atoms with E-state index in [4.69, 9.17) is 5.73 Å². The van der Waals surface area contributed by atoms with Crippen LogP contribution >= 0.6 is 11.3 Å². The predicted molar refractivity (Wildman–Crippen MR) is 99.9 cm³/mol. The second-order valence-corrected chi connectivity index (χ2v) is 7.28. The zero-order valence-electron chi connectivity index (χ0n) is 14.4. The molecule has 1 saturated heterocycles. The molecule has 6 nitrogen and oxygen atoms in total. The number of aliphatic hydroxyl groups is 1. The van der Waals surface area contributed by atoms with Gasteiger partial charge in [0.1, 0.15) is 5.69 Å².